The summed E-state index contributed by atoms with van der Waals surface area (Å²) in [5.41, 5.74) is -0.0288. The molecule has 1 heterocycles. The maximum Gasteiger partial charge on any atom is 0.310 e. The Morgan fingerprint density at radius 2 is 2.31 bits per heavy atom. The number of methoxy groups -OCH3 is 1. The zero-order valence-corrected chi connectivity index (χ0v) is 11.9. The molecular formula is C9H7BrF2INO2. The van der Waals surface area contributed by atoms with Crippen LogP contribution in [0.4, 0.5) is 8.78 Å². The van der Waals surface area contributed by atoms with Crippen LogP contribution in [0.25, 0.3) is 0 Å². The number of carbonyl (C=O) groups is 1. The zero-order valence-electron chi connectivity index (χ0n) is 8.14. The molecule has 3 nitrogen and oxygen atoms in total. The van der Waals surface area contributed by atoms with Gasteiger partial charge < -0.3 is 4.74 Å². The van der Waals surface area contributed by atoms with Crippen LogP contribution in [-0.4, -0.2) is 18.1 Å². The Morgan fingerprint density at radius 1 is 1.69 bits per heavy atom. The number of ether oxygens (including phenoxy) is 1. The number of esters is 1. The molecule has 16 heavy (non-hydrogen) atoms. The molecule has 0 bridgehead atoms. The van der Waals surface area contributed by atoms with Crippen molar-refractivity contribution in [3.8, 4) is 0 Å². The first-order valence-corrected chi connectivity index (χ1v) is 6.02. The highest BCUT2D eigenvalue weighted by atomic mass is 127. The predicted molar refractivity (Wildman–Crippen MR) is 65.3 cm³/mol. The number of nitrogens with zero attached hydrogens (tertiary/aromatic N) is 1. The topological polar surface area (TPSA) is 39.2 Å². The van der Waals surface area contributed by atoms with E-state index in [0.717, 1.165) is 6.20 Å². The summed E-state index contributed by atoms with van der Waals surface area (Å²) >= 11 is 5.04. The summed E-state index contributed by atoms with van der Waals surface area (Å²) in [6.07, 6.45) is -1.79. The molecule has 1 rings (SSSR count). The molecule has 0 saturated carbocycles. The van der Waals surface area contributed by atoms with Gasteiger partial charge in [-0.2, -0.15) is 0 Å². The van der Waals surface area contributed by atoms with Crippen LogP contribution in [0.1, 0.15) is 17.6 Å². The SMILES string of the molecule is COC(=O)Cc1c(C(F)F)cnc(I)c1Br. The molecule has 0 aromatic carbocycles. The quantitative estimate of drug-likeness (QED) is 0.440. The van der Waals surface area contributed by atoms with Crippen LogP contribution >= 0.6 is 38.5 Å². The van der Waals surface area contributed by atoms with E-state index in [1.165, 1.54) is 7.11 Å². The molecule has 0 radical (unpaired) electrons. The third kappa shape index (κ3) is 3.09. The Kier molecular flexibility index (Phi) is 5.03. The number of halogens is 4. The Labute approximate surface area is 113 Å². The third-order valence-corrected chi connectivity index (χ3v) is 4.31. The van der Waals surface area contributed by atoms with Gasteiger partial charge in [-0.25, -0.2) is 13.8 Å². The molecule has 0 aliphatic heterocycles. The van der Waals surface area contributed by atoms with Gasteiger partial charge in [0.1, 0.15) is 3.70 Å². The lowest BCUT2D eigenvalue weighted by atomic mass is 10.1. The minimum Gasteiger partial charge on any atom is -0.469 e. The second-order valence-electron chi connectivity index (χ2n) is 2.85. The van der Waals surface area contributed by atoms with Crippen molar-refractivity contribution >= 4 is 44.5 Å². The average molecular weight is 406 g/mol. The van der Waals surface area contributed by atoms with Gasteiger partial charge in [0.25, 0.3) is 6.43 Å². The fourth-order valence-electron chi connectivity index (χ4n) is 1.10. The molecule has 0 saturated heterocycles. The summed E-state index contributed by atoms with van der Waals surface area (Å²) in [7, 11) is 1.21. The Hall–Kier alpha value is -0.310. The van der Waals surface area contributed by atoms with E-state index in [1.54, 1.807) is 0 Å². The monoisotopic (exact) mass is 405 g/mol. The molecule has 7 heteroatoms. The van der Waals surface area contributed by atoms with Gasteiger partial charge in [-0.1, -0.05) is 0 Å². The number of hydrogen-bond donors (Lipinski definition) is 0. The molecule has 88 valence electrons. The van der Waals surface area contributed by atoms with Crippen LogP contribution in [0.2, 0.25) is 0 Å². The van der Waals surface area contributed by atoms with Crippen molar-refractivity contribution < 1.29 is 18.3 Å². The molecule has 0 aliphatic rings. The molecular weight excluding hydrogens is 399 g/mol. The summed E-state index contributed by atoms with van der Waals surface area (Å²) in [6.45, 7) is 0. The van der Waals surface area contributed by atoms with Gasteiger partial charge in [0, 0.05) is 11.8 Å². The smallest absolute Gasteiger partial charge is 0.310 e. The van der Waals surface area contributed by atoms with Crippen molar-refractivity contribution in [2.24, 2.45) is 0 Å². The van der Waals surface area contributed by atoms with Crippen molar-refractivity contribution in [1.82, 2.24) is 4.98 Å². The van der Waals surface area contributed by atoms with Crippen molar-refractivity contribution in [3.05, 3.63) is 25.5 Å². The Balaban J connectivity index is 3.20. The molecule has 0 N–H and O–H groups in total. The van der Waals surface area contributed by atoms with Crippen LogP contribution in [0.5, 0.6) is 0 Å². The van der Waals surface area contributed by atoms with Crippen molar-refractivity contribution in [3.63, 3.8) is 0 Å². The molecule has 0 spiro atoms. The summed E-state index contributed by atoms with van der Waals surface area (Å²) in [5.74, 6) is -0.565. The van der Waals surface area contributed by atoms with Gasteiger partial charge in [0.15, 0.2) is 0 Å². The highest BCUT2D eigenvalue weighted by molar-refractivity contribution is 14.1. The van der Waals surface area contributed by atoms with E-state index >= 15 is 0 Å². The van der Waals surface area contributed by atoms with Crippen LogP contribution in [0.15, 0.2) is 10.7 Å². The number of aromatic nitrogens is 1. The first kappa shape index (κ1) is 13.8. The fourth-order valence-corrected chi connectivity index (χ4v) is 2.03. The fraction of sp³-hybridized carbons (Fsp3) is 0.333. The number of hydrogen-bond acceptors (Lipinski definition) is 3. The highest BCUT2D eigenvalue weighted by Gasteiger charge is 2.20. The van der Waals surface area contributed by atoms with Gasteiger partial charge in [-0.3, -0.25) is 4.79 Å². The van der Waals surface area contributed by atoms with Crippen molar-refractivity contribution in [1.29, 1.82) is 0 Å². The van der Waals surface area contributed by atoms with Gasteiger partial charge in [-0.15, -0.1) is 0 Å². The third-order valence-electron chi connectivity index (χ3n) is 1.90. The molecule has 0 atom stereocenters. The molecule has 0 fully saturated rings. The largest absolute Gasteiger partial charge is 0.469 e. The van der Waals surface area contributed by atoms with Crippen molar-refractivity contribution in [2.75, 3.05) is 7.11 Å². The highest BCUT2D eigenvalue weighted by Crippen LogP contribution is 2.31. The normalized spacial score (nSPS) is 10.6. The number of pyridine rings is 1. The summed E-state index contributed by atoms with van der Waals surface area (Å²) < 4.78 is 30.8. The summed E-state index contributed by atoms with van der Waals surface area (Å²) in [4.78, 5) is 14.9. The van der Waals surface area contributed by atoms with Crippen LogP contribution in [-0.2, 0) is 16.0 Å². The van der Waals surface area contributed by atoms with E-state index in [0.29, 0.717) is 8.17 Å². The van der Waals surface area contributed by atoms with Gasteiger partial charge in [0.2, 0.25) is 0 Å². The number of rotatable bonds is 3. The minimum absolute atomic E-state index is 0.199. The van der Waals surface area contributed by atoms with Crippen LogP contribution < -0.4 is 0 Å². The second-order valence-corrected chi connectivity index (χ2v) is 4.67. The molecule has 0 unspecified atom stereocenters. The average Bonchev–Trinajstić information content (AvgIpc) is 2.24. The maximum absolute atomic E-state index is 12.7. The minimum atomic E-state index is -2.67. The summed E-state index contributed by atoms with van der Waals surface area (Å²) in [6, 6.07) is 0. The first-order valence-electron chi connectivity index (χ1n) is 4.15. The van der Waals surface area contributed by atoms with E-state index in [-0.39, 0.29) is 17.5 Å². The first-order chi connectivity index (χ1) is 7.47. The van der Waals surface area contributed by atoms with E-state index in [1.807, 2.05) is 22.6 Å². The van der Waals surface area contributed by atoms with Gasteiger partial charge in [0.05, 0.1) is 18.0 Å². The van der Waals surface area contributed by atoms with E-state index in [9.17, 15) is 13.6 Å². The number of alkyl halides is 2. The van der Waals surface area contributed by atoms with E-state index < -0.39 is 12.4 Å². The predicted octanol–water partition coefficient (Wildman–Crippen LogP) is 3.10. The van der Waals surface area contributed by atoms with Gasteiger partial charge in [-0.05, 0) is 44.1 Å². The molecule has 0 amide bonds. The maximum atomic E-state index is 12.7. The second kappa shape index (κ2) is 5.85. The molecule has 1 aromatic rings. The standard InChI is InChI=1S/C9H7BrF2INO2/c1-16-6(15)2-4-5(8(11)12)3-14-9(13)7(4)10/h3,8H,2H2,1H3. The molecule has 0 aliphatic carbocycles. The lowest BCUT2D eigenvalue weighted by Gasteiger charge is -2.10. The number of carbonyl (C=O) groups excluding carboxylic acids is 1. The van der Waals surface area contributed by atoms with E-state index in [4.69, 9.17) is 0 Å². The van der Waals surface area contributed by atoms with E-state index in [2.05, 4.69) is 25.7 Å². The molecule has 1 aromatic heterocycles. The Bertz CT molecular complexity index is 415. The van der Waals surface area contributed by atoms with Crippen LogP contribution in [0, 0.1) is 3.70 Å². The van der Waals surface area contributed by atoms with Gasteiger partial charge >= 0.3 is 5.97 Å². The van der Waals surface area contributed by atoms with Crippen LogP contribution in [0.3, 0.4) is 0 Å². The lowest BCUT2D eigenvalue weighted by Crippen LogP contribution is -2.09. The zero-order chi connectivity index (χ0) is 12.3. The summed E-state index contributed by atoms with van der Waals surface area (Å²) in [5, 5.41) is 0. The Morgan fingerprint density at radius 3 is 2.81 bits per heavy atom. The lowest BCUT2D eigenvalue weighted by molar-refractivity contribution is -0.139. The van der Waals surface area contributed by atoms with Crippen molar-refractivity contribution in [2.45, 2.75) is 12.8 Å².